The van der Waals surface area contributed by atoms with Gasteiger partial charge in [0.15, 0.2) is 0 Å². The summed E-state index contributed by atoms with van der Waals surface area (Å²) in [5, 5.41) is 13.3. The second-order valence-electron chi connectivity index (χ2n) is 13.0. The van der Waals surface area contributed by atoms with Crippen LogP contribution in [0.5, 0.6) is 0 Å². The SMILES string of the molecule is C=CCCC(=O)OC[C@@H](NC(=O)[C@@H]1[C@H]2O[C@@]3(CC2Br)[C@H](C(=O)N(CC=C)c2cc(C)ccc2C)N([C@H](C)CO)C(=O)[C@@H]13)c1ccccc1. The van der Waals surface area contributed by atoms with Crippen LogP contribution in [-0.4, -0.2) is 82.1 Å². The van der Waals surface area contributed by atoms with Crippen molar-refractivity contribution in [3.63, 3.8) is 0 Å². The smallest absolute Gasteiger partial charge is 0.306 e. The number of likely N-dealkylation sites (tertiary alicyclic amines) is 1. The number of esters is 1. The standard InChI is InChI=1S/C37H44BrN3O7/c1-6-8-14-29(43)47-21-27(25-12-10-9-11-13-25)39-34(44)30-31-35(45)41(24(5)20-42)33(37(31)19-26(38)32(30)48-37)36(46)40(17-7-2)28-18-22(3)15-16-23(28)4/h6-7,9-13,15-16,18,24,26-27,30-33,42H,1-2,8,14,17,19-21H2,3-5H3,(H,39,44)/t24-,26?,27-,30+,31-,32+,33+,37-/m1/s1. The summed E-state index contributed by atoms with van der Waals surface area (Å²) in [4.78, 5) is 58.7. The van der Waals surface area contributed by atoms with Crippen LogP contribution in [0.15, 0.2) is 73.8 Å². The Labute approximate surface area is 290 Å². The fraction of sp³-hybridized carbons (Fsp3) is 0.459. The van der Waals surface area contributed by atoms with Crippen LogP contribution in [0.3, 0.4) is 0 Å². The highest BCUT2D eigenvalue weighted by atomic mass is 79.9. The molecular formula is C37H44BrN3O7. The molecule has 5 rings (SSSR count). The number of aliphatic hydroxyl groups excluding tert-OH is 1. The number of ether oxygens (including phenoxy) is 2. The summed E-state index contributed by atoms with van der Waals surface area (Å²) in [7, 11) is 0. The minimum atomic E-state index is -1.32. The molecule has 3 aliphatic rings. The molecule has 3 heterocycles. The van der Waals surface area contributed by atoms with Gasteiger partial charge in [0.05, 0.1) is 36.6 Å². The molecule has 0 saturated carbocycles. The van der Waals surface area contributed by atoms with Crippen LogP contribution < -0.4 is 10.2 Å². The van der Waals surface area contributed by atoms with E-state index < -0.39 is 59.5 Å². The van der Waals surface area contributed by atoms with Gasteiger partial charge in [-0.25, -0.2) is 0 Å². The number of carbonyl (C=O) groups is 4. The highest BCUT2D eigenvalue weighted by molar-refractivity contribution is 9.09. The molecule has 0 aliphatic carbocycles. The van der Waals surface area contributed by atoms with Crippen LogP contribution >= 0.6 is 15.9 Å². The van der Waals surface area contributed by atoms with E-state index >= 15 is 0 Å². The van der Waals surface area contributed by atoms with Crippen LogP contribution in [0.1, 0.15) is 48.9 Å². The van der Waals surface area contributed by atoms with E-state index in [-0.39, 0.29) is 36.9 Å². The second-order valence-corrected chi connectivity index (χ2v) is 14.1. The maximum atomic E-state index is 14.8. The van der Waals surface area contributed by atoms with E-state index in [1.807, 2.05) is 62.4 Å². The average Bonchev–Trinajstić information content (AvgIpc) is 3.68. The van der Waals surface area contributed by atoms with Gasteiger partial charge in [-0.1, -0.05) is 70.5 Å². The van der Waals surface area contributed by atoms with E-state index in [0.717, 1.165) is 16.7 Å². The van der Waals surface area contributed by atoms with Crippen molar-refractivity contribution in [1.82, 2.24) is 10.2 Å². The average molecular weight is 723 g/mol. The first kappa shape index (κ1) is 35.5. The Morgan fingerprint density at radius 2 is 1.92 bits per heavy atom. The number of benzene rings is 2. The fourth-order valence-corrected chi connectivity index (χ4v) is 8.39. The molecule has 3 aliphatic heterocycles. The van der Waals surface area contributed by atoms with Gasteiger partial charge in [0.1, 0.15) is 18.2 Å². The van der Waals surface area contributed by atoms with E-state index in [2.05, 4.69) is 34.4 Å². The summed E-state index contributed by atoms with van der Waals surface area (Å²) >= 11 is 3.72. The molecule has 0 aromatic heterocycles. The van der Waals surface area contributed by atoms with Gasteiger partial charge in [-0.3, -0.25) is 19.2 Å². The Kier molecular flexibility index (Phi) is 10.9. The monoisotopic (exact) mass is 721 g/mol. The maximum absolute atomic E-state index is 14.8. The van der Waals surface area contributed by atoms with Crippen molar-refractivity contribution in [1.29, 1.82) is 0 Å². The van der Waals surface area contributed by atoms with Crippen LogP contribution in [0.4, 0.5) is 5.69 Å². The topological polar surface area (TPSA) is 125 Å². The number of carbonyl (C=O) groups excluding carboxylic acids is 4. The number of allylic oxidation sites excluding steroid dienone is 1. The summed E-state index contributed by atoms with van der Waals surface area (Å²) in [6.45, 7) is 12.8. The Bertz CT molecular complexity index is 1570. The fourth-order valence-electron chi connectivity index (χ4n) is 7.45. The minimum absolute atomic E-state index is 0.105. The van der Waals surface area contributed by atoms with Gasteiger partial charge in [0.25, 0.3) is 5.91 Å². The highest BCUT2D eigenvalue weighted by Gasteiger charge is 2.77. The Morgan fingerprint density at radius 1 is 1.19 bits per heavy atom. The zero-order valence-corrected chi connectivity index (χ0v) is 29.2. The lowest BCUT2D eigenvalue weighted by atomic mass is 9.70. The van der Waals surface area contributed by atoms with Crippen LogP contribution in [0.2, 0.25) is 0 Å². The Balaban J connectivity index is 1.50. The number of alkyl halides is 1. The van der Waals surface area contributed by atoms with Gasteiger partial charge in [0.2, 0.25) is 11.8 Å². The molecule has 2 N–H and O–H groups in total. The van der Waals surface area contributed by atoms with Crippen molar-refractivity contribution in [3.05, 3.63) is 90.5 Å². The van der Waals surface area contributed by atoms with Crippen molar-refractivity contribution in [2.24, 2.45) is 11.8 Å². The lowest BCUT2D eigenvalue weighted by Crippen LogP contribution is -2.59. The van der Waals surface area contributed by atoms with Crippen molar-refractivity contribution in [3.8, 4) is 0 Å². The first-order valence-electron chi connectivity index (χ1n) is 16.3. The molecule has 256 valence electrons. The number of hydrogen-bond acceptors (Lipinski definition) is 7. The van der Waals surface area contributed by atoms with Crippen molar-refractivity contribution in [2.45, 2.75) is 74.7 Å². The predicted molar refractivity (Wildman–Crippen MR) is 185 cm³/mol. The number of nitrogens with zero attached hydrogens (tertiary/aromatic N) is 2. The number of aryl methyl sites for hydroxylation is 2. The van der Waals surface area contributed by atoms with E-state index in [1.54, 1.807) is 24.0 Å². The van der Waals surface area contributed by atoms with Crippen molar-refractivity contribution < 1.29 is 33.8 Å². The van der Waals surface area contributed by atoms with E-state index in [4.69, 9.17) is 9.47 Å². The van der Waals surface area contributed by atoms with Crippen LogP contribution in [0.25, 0.3) is 0 Å². The molecule has 48 heavy (non-hydrogen) atoms. The molecule has 2 aromatic rings. The number of fused-ring (bicyclic) bond motifs is 1. The van der Waals surface area contributed by atoms with Crippen LogP contribution in [0, 0.1) is 25.7 Å². The summed E-state index contributed by atoms with van der Waals surface area (Å²) in [6, 6.07) is 12.5. The third kappa shape index (κ3) is 6.47. The second kappa shape index (κ2) is 14.8. The molecule has 2 aromatic carbocycles. The van der Waals surface area contributed by atoms with Gasteiger partial charge < -0.3 is 29.7 Å². The van der Waals surface area contributed by atoms with Gasteiger partial charge >= 0.3 is 5.97 Å². The Hall–Kier alpha value is -3.80. The molecule has 8 atom stereocenters. The number of hydrogen-bond donors (Lipinski definition) is 2. The number of anilines is 1. The van der Waals surface area contributed by atoms with Crippen molar-refractivity contribution in [2.75, 3.05) is 24.7 Å². The molecule has 1 unspecified atom stereocenters. The van der Waals surface area contributed by atoms with Gasteiger partial charge in [0, 0.05) is 23.5 Å². The molecule has 3 saturated heterocycles. The first-order chi connectivity index (χ1) is 23.0. The zero-order chi connectivity index (χ0) is 34.7. The van der Waals surface area contributed by atoms with Gasteiger partial charge in [-0.15, -0.1) is 13.2 Å². The number of rotatable bonds is 14. The summed E-state index contributed by atoms with van der Waals surface area (Å²) in [5.41, 5.74) is 1.93. The molecule has 2 bridgehead atoms. The number of aliphatic hydroxyl groups is 1. The molecule has 1 spiro atoms. The summed E-state index contributed by atoms with van der Waals surface area (Å²) in [5.74, 6) is -3.56. The highest BCUT2D eigenvalue weighted by Crippen LogP contribution is 2.60. The van der Waals surface area contributed by atoms with Crippen LogP contribution in [-0.2, 0) is 28.7 Å². The predicted octanol–water partition coefficient (Wildman–Crippen LogP) is 4.32. The normalized spacial score (nSPS) is 26.8. The lowest BCUT2D eigenvalue weighted by Gasteiger charge is -2.39. The molecular weight excluding hydrogens is 678 g/mol. The zero-order valence-electron chi connectivity index (χ0n) is 27.6. The summed E-state index contributed by atoms with van der Waals surface area (Å²) in [6.07, 6.45) is 3.53. The third-order valence-electron chi connectivity index (χ3n) is 9.72. The maximum Gasteiger partial charge on any atom is 0.306 e. The number of nitrogens with one attached hydrogen (secondary N) is 1. The molecule has 10 nitrogen and oxygen atoms in total. The number of amides is 3. The van der Waals surface area contributed by atoms with E-state index in [1.165, 1.54) is 4.90 Å². The summed E-state index contributed by atoms with van der Waals surface area (Å²) < 4.78 is 12.2. The quantitative estimate of drug-likeness (QED) is 0.169. The number of halogens is 1. The molecule has 11 heteroatoms. The lowest BCUT2D eigenvalue weighted by molar-refractivity contribution is -0.146. The molecule has 0 radical (unpaired) electrons. The largest absolute Gasteiger partial charge is 0.463 e. The van der Waals surface area contributed by atoms with Crippen molar-refractivity contribution >= 4 is 45.3 Å². The molecule has 3 fully saturated rings. The first-order valence-corrected chi connectivity index (χ1v) is 17.3. The third-order valence-corrected chi connectivity index (χ3v) is 10.6. The minimum Gasteiger partial charge on any atom is -0.463 e. The van der Waals surface area contributed by atoms with Gasteiger partial charge in [-0.2, -0.15) is 0 Å². The van der Waals surface area contributed by atoms with E-state index in [0.29, 0.717) is 18.5 Å². The Morgan fingerprint density at radius 3 is 2.58 bits per heavy atom. The van der Waals surface area contributed by atoms with Gasteiger partial charge in [-0.05, 0) is 56.4 Å². The molecule has 3 amide bonds. The van der Waals surface area contributed by atoms with E-state index in [9.17, 15) is 24.3 Å².